The Morgan fingerprint density at radius 1 is 1.04 bits per heavy atom. The van der Waals surface area contributed by atoms with Crippen molar-refractivity contribution in [3.63, 3.8) is 0 Å². The second-order valence-electron chi connectivity index (χ2n) is 8.66. The average Bonchev–Trinajstić information content (AvgIpc) is 2.93. The number of hydrogen-bond acceptors (Lipinski definition) is 2. The lowest BCUT2D eigenvalue weighted by molar-refractivity contribution is 0.0912. The van der Waals surface area contributed by atoms with Crippen molar-refractivity contribution in [2.45, 2.75) is 64.8 Å². The van der Waals surface area contributed by atoms with E-state index in [9.17, 15) is 4.79 Å². The molecule has 2 aromatic rings. The SMILES string of the molecule is CC1(C)CC(=O)c2c([nH]c(NC3CCCCC3)c2-c2ccc(Cl)cc2)C1. The Kier molecular flexibility index (Phi) is 4.60. The third-order valence-corrected chi connectivity index (χ3v) is 5.99. The van der Waals surface area contributed by atoms with E-state index in [0.29, 0.717) is 17.5 Å². The van der Waals surface area contributed by atoms with Crippen LogP contribution in [0.5, 0.6) is 0 Å². The summed E-state index contributed by atoms with van der Waals surface area (Å²) in [4.78, 5) is 16.6. The van der Waals surface area contributed by atoms with Crippen LogP contribution in [0, 0.1) is 5.41 Å². The van der Waals surface area contributed by atoms with E-state index >= 15 is 0 Å². The second kappa shape index (κ2) is 6.77. The van der Waals surface area contributed by atoms with Crippen molar-refractivity contribution < 1.29 is 4.79 Å². The fraction of sp³-hybridized carbons (Fsp3) is 0.500. The molecular formula is C22H27ClN2O. The minimum atomic E-state index is 0.00825. The number of aromatic amines is 1. The molecule has 26 heavy (non-hydrogen) atoms. The van der Waals surface area contributed by atoms with Gasteiger partial charge < -0.3 is 10.3 Å². The molecule has 138 valence electrons. The van der Waals surface area contributed by atoms with Gasteiger partial charge in [0, 0.05) is 34.3 Å². The van der Waals surface area contributed by atoms with Crippen LogP contribution in [0.15, 0.2) is 24.3 Å². The number of benzene rings is 1. The Labute approximate surface area is 160 Å². The highest BCUT2D eigenvalue weighted by molar-refractivity contribution is 6.30. The van der Waals surface area contributed by atoms with Gasteiger partial charge in [0.05, 0.1) is 0 Å². The lowest BCUT2D eigenvalue weighted by Crippen LogP contribution is -2.26. The lowest BCUT2D eigenvalue weighted by Gasteiger charge is -2.28. The Morgan fingerprint density at radius 2 is 1.73 bits per heavy atom. The van der Waals surface area contributed by atoms with Crippen LogP contribution in [0.2, 0.25) is 5.02 Å². The normalized spacial score (nSPS) is 20.0. The van der Waals surface area contributed by atoms with Gasteiger partial charge in [0.15, 0.2) is 5.78 Å². The molecule has 0 atom stereocenters. The number of carbonyl (C=O) groups excluding carboxylic acids is 1. The monoisotopic (exact) mass is 370 g/mol. The fourth-order valence-electron chi connectivity index (χ4n) is 4.52. The molecule has 0 saturated heterocycles. The second-order valence-corrected chi connectivity index (χ2v) is 9.09. The molecule has 3 nitrogen and oxygen atoms in total. The van der Waals surface area contributed by atoms with E-state index in [1.165, 1.54) is 32.1 Å². The molecule has 4 rings (SSSR count). The van der Waals surface area contributed by atoms with Gasteiger partial charge in [-0.2, -0.15) is 0 Å². The summed E-state index contributed by atoms with van der Waals surface area (Å²) >= 11 is 6.09. The zero-order valence-corrected chi connectivity index (χ0v) is 16.4. The summed E-state index contributed by atoms with van der Waals surface area (Å²) in [5.41, 5.74) is 4.05. The van der Waals surface area contributed by atoms with E-state index in [2.05, 4.69) is 24.1 Å². The van der Waals surface area contributed by atoms with Crippen molar-refractivity contribution in [3.05, 3.63) is 40.5 Å². The first kappa shape index (κ1) is 17.7. The van der Waals surface area contributed by atoms with E-state index in [1.807, 2.05) is 24.3 Å². The summed E-state index contributed by atoms with van der Waals surface area (Å²) in [5, 5.41) is 4.44. The number of ketones is 1. The summed E-state index contributed by atoms with van der Waals surface area (Å²) in [6.07, 6.45) is 7.78. The van der Waals surface area contributed by atoms with Crippen LogP contribution >= 0.6 is 11.6 Å². The van der Waals surface area contributed by atoms with E-state index in [0.717, 1.165) is 34.6 Å². The molecule has 0 spiro atoms. The molecule has 0 radical (unpaired) electrons. The molecule has 1 aromatic heterocycles. The molecular weight excluding hydrogens is 344 g/mol. The fourth-order valence-corrected chi connectivity index (χ4v) is 4.65. The Bertz CT molecular complexity index is 813. The molecule has 0 unspecified atom stereocenters. The number of H-pyrrole nitrogens is 1. The topological polar surface area (TPSA) is 44.9 Å². The number of anilines is 1. The molecule has 2 aliphatic rings. The van der Waals surface area contributed by atoms with Crippen LogP contribution in [0.1, 0.15) is 68.4 Å². The molecule has 0 bridgehead atoms. The van der Waals surface area contributed by atoms with Crippen molar-refractivity contribution in [1.29, 1.82) is 0 Å². The molecule has 1 saturated carbocycles. The quantitative estimate of drug-likeness (QED) is 0.672. The first-order valence-corrected chi connectivity index (χ1v) is 10.1. The molecule has 2 N–H and O–H groups in total. The number of hydrogen-bond donors (Lipinski definition) is 2. The summed E-state index contributed by atoms with van der Waals surface area (Å²) in [5.74, 6) is 1.25. The Balaban J connectivity index is 1.79. The Morgan fingerprint density at radius 3 is 2.42 bits per heavy atom. The number of halogens is 1. The van der Waals surface area contributed by atoms with Crippen LogP contribution in [0.4, 0.5) is 5.82 Å². The number of nitrogens with one attached hydrogen (secondary N) is 2. The average molecular weight is 371 g/mol. The van der Waals surface area contributed by atoms with Crippen molar-refractivity contribution in [1.82, 2.24) is 4.98 Å². The smallest absolute Gasteiger partial charge is 0.165 e. The standard InChI is InChI=1S/C22H27ClN2O/c1-22(2)12-17-20(18(26)13-22)19(14-8-10-15(23)11-9-14)21(25-17)24-16-6-4-3-5-7-16/h8-11,16,24-25H,3-7,12-13H2,1-2H3. The van der Waals surface area contributed by atoms with Crippen LogP contribution in [0.3, 0.4) is 0 Å². The van der Waals surface area contributed by atoms with E-state index in [-0.39, 0.29) is 11.2 Å². The minimum absolute atomic E-state index is 0.00825. The molecule has 0 amide bonds. The highest BCUT2D eigenvalue weighted by atomic mass is 35.5. The first-order valence-electron chi connectivity index (χ1n) is 9.73. The van der Waals surface area contributed by atoms with Gasteiger partial charge in [-0.05, 0) is 42.4 Å². The van der Waals surface area contributed by atoms with Crippen molar-refractivity contribution in [2.75, 3.05) is 5.32 Å². The van der Waals surface area contributed by atoms with Crippen molar-refractivity contribution >= 4 is 23.2 Å². The largest absolute Gasteiger partial charge is 0.368 e. The molecule has 2 aliphatic carbocycles. The molecule has 4 heteroatoms. The number of carbonyl (C=O) groups is 1. The zero-order chi connectivity index (χ0) is 18.3. The molecule has 1 heterocycles. The molecule has 1 fully saturated rings. The Hall–Kier alpha value is -1.74. The van der Waals surface area contributed by atoms with Crippen molar-refractivity contribution in [3.8, 4) is 11.1 Å². The van der Waals surface area contributed by atoms with Gasteiger partial charge in [-0.3, -0.25) is 4.79 Å². The zero-order valence-electron chi connectivity index (χ0n) is 15.6. The van der Waals surface area contributed by atoms with E-state index in [4.69, 9.17) is 11.6 Å². The summed E-state index contributed by atoms with van der Waals surface area (Å²) < 4.78 is 0. The number of rotatable bonds is 3. The maximum absolute atomic E-state index is 13.0. The number of fused-ring (bicyclic) bond motifs is 1. The van der Waals surface area contributed by atoms with E-state index in [1.54, 1.807) is 0 Å². The predicted molar refractivity (Wildman–Crippen MR) is 108 cm³/mol. The maximum Gasteiger partial charge on any atom is 0.165 e. The highest BCUT2D eigenvalue weighted by Crippen LogP contribution is 2.43. The van der Waals surface area contributed by atoms with Crippen molar-refractivity contribution in [2.24, 2.45) is 5.41 Å². The summed E-state index contributed by atoms with van der Waals surface area (Å²) in [6, 6.07) is 8.32. The lowest BCUT2D eigenvalue weighted by atomic mass is 9.75. The van der Waals surface area contributed by atoms with Crippen LogP contribution in [-0.2, 0) is 6.42 Å². The highest BCUT2D eigenvalue weighted by Gasteiger charge is 2.36. The van der Waals surface area contributed by atoms with Gasteiger partial charge >= 0.3 is 0 Å². The van der Waals surface area contributed by atoms with Gasteiger partial charge in [0.1, 0.15) is 5.82 Å². The van der Waals surface area contributed by atoms with Gasteiger partial charge in [0.25, 0.3) is 0 Å². The first-order chi connectivity index (χ1) is 12.4. The van der Waals surface area contributed by atoms with Crippen LogP contribution < -0.4 is 5.32 Å². The molecule has 1 aromatic carbocycles. The minimum Gasteiger partial charge on any atom is -0.368 e. The van der Waals surface area contributed by atoms with E-state index < -0.39 is 0 Å². The van der Waals surface area contributed by atoms with Gasteiger partial charge in [-0.1, -0.05) is 56.8 Å². The van der Waals surface area contributed by atoms with Gasteiger partial charge in [0.2, 0.25) is 0 Å². The predicted octanol–water partition coefficient (Wildman–Crippen LogP) is 6.23. The molecule has 0 aliphatic heterocycles. The van der Waals surface area contributed by atoms with Crippen LogP contribution in [0.25, 0.3) is 11.1 Å². The summed E-state index contributed by atoms with van der Waals surface area (Å²) in [7, 11) is 0. The number of aromatic nitrogens is 1. The van der Waals surface area contributed by atoms with Crippen LogP contribution in [-0.4, -0.2) is 16.8 Å². The van der Waals surface area contributed by atoms with Gasteiger partial charge in [-0.15, -0.1) is 0 Å². The number of Topliss-reactive ketones (excluding diaryl/α,β-unsaturated/α-hetero) is 1. The third kappa shape index (κ3) is 3.42. The summed E-state index contributed by atoms with van der Waals surface area (Å²) in [6.45, 7) is 4.34. The maximum atomic E-state index is 13.0. The third-order valence-electron chi connectivity index (χ3n) is 5.74. The van der Waals surface area contributed by atoms with Gasteiger partial charge in [-0.25, -0.2) is 0 Å².